The molecule has 18 heavy (non-hydrogen) atoms. The normalized spacial score (nSPS) is 8.89. The molecule has 0 radical (unpaired) electrons. The van der Waals surface area contributed by atoms with E-state index >= 15 is 0 Å². The minimum absolute atomic E-state index is 0.301. The Morgan fingerprint density at radius 3 is 1.67 bits per heavy atom. The molecule has 0 saturated heterocycles. The number of rotatable bonds is 2. The number of aromatic carboxylic acids is 2. The Hall–Kier alpha value is -2.69. The Labute approximate surface area is 103 Å². The molecule has 2 rings (SSSR count). The van der Waals surface area contributed by atoms with E-state index in [1.165, 1.54) is 18.3 Å². The zero-order chi connectivity index (χ0) is 13.4. The molecule has 2 aromatic rings. The summed E-state index contributed by atoms with van der Waals surface area (Å²) in [7, 11) is 0. The third-order valence-electron chi connectivity index (χ3n) is 1.91. The largest absolute Gasteiger partial charge is 0.478 e. The summed E-state index contributed by atoms with van der Waals surface area (Å²) in [6, 6.07) is 14.6. The highest BCUT2D eigenvalue weighted by Crippen LogP contribution is 2.04. The second-order valence-electron chi connectivity index (χ2n) is 3.16. The zero-order valence-corrected chi connectivity index (χ0v) is 9.35. The first kappa shape index (κ1) is 13.4. The van der Waals surface area contributed by atoms with Crippen molar-refractivity contribution in [1.82, 2.24) is 4.98 Å². The lowest BCUT2D eigenvalue weighted by Crippen LogP contribution is -2.09. The second kappa shape index (κ2) is 6.80. The predicted octanol–water partition coefficient (Wildman–Crippen LogP) is 2.16. The van der Waals surface area contributed by atoms with E-state index in [1.54, 1.807) is 0 Å². The molecular formula is C13H11NO4. The maximum atomic E-state index is 10.4. The van der Waals surface area contributed by atoms with Crippen molar-refractivity contribution in [1.29, 1.82) is 0 Å². The van der Waals surface area contributed by atoms with Crippen molar-refractivity contribution >= 4 is 11.9 Å². The fourth-order valence-corrected chi connectivity index (χ4v) is 1.13. The van der Waals surface area contributed by atoms with E-state index in [-0.39, 0.29) is 5.56 Å². The molecule has 0 aliphatic rings. The van der Waals surface area contributed by atoms with Crippen LogP contribution in [0.1, 0.15) is 20.8 Å². The summed E-state index contributed by atoms with van der Waals surface area (Å²) in [5.74, 6) is -2.63. The summed E-state index contributed by atoms with van der Waals surface area (Å²) in [5, 5.41) is 17.0. The Bertz CT molecular complexity index is 466. The molecule has 0 aliphatic heterocycles. The fourth-order valence-electron chi connectivity index (χ4n) is 1.13. The number of nitrogens with zero attached hydrogens (tertiary/aromatic N) is 1. The highest BCUT2D eigenvalue weighted by molar-refractivity contribution is 5.99. The van der Waals surface area contributed by atoms with Gasteiger partial charge in [-0.3, -0.25) is 0 Å². The van der Waals surface area contributed by atoms with Crippen LogP contribution in [-0.4, -0.2) is 27.1 Å². The maximum absolute atomic E-state index is 10.4. The van der Waals surface area contributed by atoms with Crippen LogP contribution >= 0.6 is 0 Å². The topological polar surface area (TPSA) is 87.5 Å². The van der Waals surface area contributed by atoms with Gasteiger partial charge in [-0.05, 0) is 12.1 Å². The lowest BCUT2D eigenvalue weighted by Gasteiger charge is -1.97. The maximum Gasteiger partial charge on any atom is 0.355 e. The molecule has 2 N–H and O–H groups in total. The van der Waals surface area contributed by atoms with Crippen molar-refractivity contribution in [3.63, 3.8) is 0 Å². The molecule has 0 unspecified atom stereocenters. The second-order valence-corrected chi connectivity index (χ2v) is 3.16. The van der Waals surface area contributed by atoms with Gasteiger partial charge in [-0.25, -0.2) is 14.6 Å². The number of hydrogen-bond acceptors (Lipinski definition) is 3. The third kappa shape index (κ3) is 4.05. The van der Waals surface area contributed by atoms with Gasteiger partial charge in [0.05, 0.1) is 5.56 Å². The summed E-state index contributed by atoms with van der Waals surface area (Å²) in [6.07, 6.45) is 1.23. The lowest BCUT2D eigenvalue weighted by molar-refractivity contribution is 0.0646. The summed E-state index contributed by atoms with van der Waals surface area (Å²) in [5.41, 5.74) is -0.741. The van der Waals surface area contributed by atoms with Gasteiger partial charge in [0.25, 0.3) is 0 Å². The first-order valence-corrected chi connectivity index (χ1v) is 5.04. The Balaban J connectivity index is 0.000000225. The van der Waals surface area contributed by atoms with Gasteiger partial charge in [-0.1, -0.05) is 36.4 Å². The van der Waals surface area contributed by atoms with Crippen LogP contribution in [-0.2, 0) is 0 Å². The predicted molar refractivity (Wildman–Crippen MR) is 64.6 cm³/mol. The van der Waals surface area contributed by atoms with Crippen molar-refractivity contribution in [3.05, 3.63) is 66.0 Å². The van der Waals surface area contributed by atoms with Crippen molar-refractivity contribution in [2.45, 2.75) is 0 Å². The van der Waals surface area contributed by atoms with Crippen LogP contribution in [0.15, 0.2) is 54.7 Å². The molecule has 0 amide bonds. The van der Waals surface area contributed by atoms with Crippen LogP contribution in [0.5, 0.6) is 0 Å². The van der Waals surface area contributed by atoms with Crippen LogP contribution in [0.4, 0.5) is 0 Å². The summed E-state index contributed by atoms with van der Waals surface area (Å²) in [4.78, 5) is 24.2. The molecule has 5 heteroatoms. The number of carboxylic acid groups (broad SMARTS) is 2. The molecule has 1 aromatic carbocycles. The number of pyridine rings is 1. The van der Waals surface area contributed by atoms with Gasteiger partial charge >= 0.3 is 11.9 Å². The van der Waals surface area contributed by atoms with E-state index in [9.17, 15) is 9.59 Å². The number of aromatic nitrogens is 1. The molecule has 0 fully saturated rings. The van der Waals surface area contributed by atoms with Crippen LogP contribution in [0.3, 0.4) is 0 Å². The summed E-state index contributed by atoms with van der Waals surface area (Å²) >= 11 is 0. The minimum atomic E-state index is -1.34. The van der Waals surface area contributed by atoms with E-state index < -0.39 is 17.6 Å². The monoisotopic (exact) mass is 245 g/mol. The lowest BCUT2D eigenvalue weighted by atomic mass is 10.2. The molecule has 0 aliphatic carbocycles. The van der Waals surface area contributed by atoms with Crippen molar-refractivity contribution in [3.8, 4) is 0 Å². The van der Waals surface area contributed by atoms with Gasteiger partial charge in [0, 0.05) is 6.20 Å². The molecule has 1 heterocycles. The van der Waals surface area contributed by atoms with E-state index in [0.29, 0.717) is 0 Å². The Morgan fingerprint density at radius 2 is 1.33 bits per heavy atom. The van der Waals surface area contributed by atoms with Gasteiger partial charge in [0.15, 0.2) is 5.69 Å². The number of carboxylic acids is 2. The quantitative estimate of drug-likeness (QED) is 0.846. The van der Waals surface area contributed by atoms with Gasteiger partial charge < -0.3 is 10.2 Å². The molecule has 0 bridgehead atoms. The molecule has 1 aromatic heterocycles. The molecule has 0 saturated carbocycles. The van der Waals surface area contributed by atoms with Crippen LogP contribution in [0.2, 0.25) is 0 Å². The van der Waals surface area contributed by atoms with Crippen LogP contribution in [0, 0.1) is 0 Å². The highest BCUT2D eigenvalue weighted by atomic mass is 16.4. The average Bonchev–Trinajstić information content (AvgIpc) is 2.41. The minimum Gasteiger partial charge on any atom is -0.478 e. The van der Waals surface area contributed by atoms with Gasteiger partial charge in [0.1, 0.15) is 0 Å². The van der Waals surface area contributed by atoms with Gasteiger partial charge in [-0.15, -0.1) is 0 Å². The fraction of sp³-hybridized carbons (Fsp3) is 0. The zero-order valence-electron chi connectivity index (χ0n) is 9.35. The standard InChI is InChI=1S/C7H5NO4.C6H6/c9-6(10)4-2-1-3-8-5(4)7(11)12;1-2-4-6-5-3-1/h1-3H,(H,9,10)(H,11,12);1-6H. The van der Waals surface area contributed by atoms with E-state index in [4.69, 9.17) is 10.2 Å². The first-order chi connectivity index (χ1) is 8.63. The average molecular weight is 245 g/mol. The van der Waals surface area contributed by atoms with Crippen molar-refractivity contribution < 1.29 is 19.8 Å². The Morgan fingerprint density at radius 1 is 0.833 bits per heavy atom. The SMILES string of the molecule is O=C(O)c1cccnc1C(=O)O.c1ccccc1. The smallest absolute Gasteiger partial charge is 0.355 e. The van der Waals surface area contributed by atoms with Gasteiger partial charge in [0.2, 0.25) is 0 Å². The third-order valence-corrected chi connectivity index (χ3v) is 1.91. The molecular weight excluding hydrogens is 234 g/mol. The van der Waals surface area contributed by atoms with E-state index in [0.717, 1.165) is 0 Å². The number of hydrogen-bond donors (Lipinski definition) is 2. The molecule has 0 atom stereocenters. The molecule has 0 spiro atoms. The highest BCUT2D eigenvalue weighted by Gasteiger charge is 2.15. The van der Waals surface area contributed by atoms with E-state index in [1.807, 2.05) is 36.4 Å². The van der Waals surface area contributed by atoms with Gasteiger partial charge in [-0.2, -0.15) is 0 Å². The number of benzene rings is 1. The first-order valence-electron chi connectivity index (χ1n) is 5.04. The molecule has 92 valence electrons. The van der Waals surface area contributed by atoms with Crippen molar-refractivity contribution in [2.24, 2.45) is 0 Å². The van der Waals surface area contributed by atoms with Crippen molar-refractivity contribution in [2.75, 3.05) is 0 Å². The number of carbonyl (C=O) groups is 2. The summed E-state index contributed by atoms with van der Waals surface area (Å²) in [6.45, 7) is 0. The van der Waals surface area contributed by atoms with Crippen LogP contribution in [0.25, 0.3) is 0 Å². The molecule has 5 nitrogen and oxygen atoms in total. The summed E-state index contributed by atoms with van der Waals surface area (Å²) < 4.78 is 0. The van der Waals surface area contributed by atoms with E-state index in [2.05, 4.69) is 4.98 Å². The Kier molecular flexibility index (Phi) is 5.05. The van der Waals surface area contributed by atoms with Crippen LogP contribution < -0.4 is 0 Å².